The monoisotopic (exact) mass is 274 g/mol. The summed E-state index contributed by atoms with van der Waals surface area (Å²) in [6.07, 6.45) is 5.60. The van der Waals surface area contributed by atoms with Gasteiger partial charge in [0.2, 0.25) is 0 Å². The molecule has 106 valence electrons. The molecule has 0 saturated carbocycles. The molecule has 3 heterocycles. The second-order valence-corrected chi connectivity index (χ2v) is 5.19. The van der Waals surface area contributed by atoms with Crippen molar-refractivity contribution in [3.8, 4) is 11.3 Å². The number of aryl methyl sites for hydroxylation is 1. The number of ether oxygens (including phenoxy) is 1. The Bertz CT molecular complexity index is 617. The van der Waals surface area contributed by atoms with E-state index < -0.39 is 5.60 Å². The molecule has 0 radical (unpaired) electrons. The molecular formula is C13H18N6O. The number of nitrogen functional groups attached to an aromatic ring is 1. The summed E-state index contributed by atoms with van der Waals surface area (Å²) in [4.78, 5) is 9.07. The Kier molecular flexibility index (Phi) is 3.15. The Hall–Kier alpha value is -1.99. The molecule has 3 N–H and O–H groups in total. The molecule has 0 aliphatic carbocycles. The summed E-state index contributed by atoms with van der Waals surface area (Å²) in [5.74, 6) is 6.74. The fourth-order valence-electron chi connectivity index (χ4n) is 2.41. The molecule has 2 aromatic rings. The van der Waals surface area contributed by atoms with E-state index in [1.165, 1.54) is 0 Å². The molecular weight excluding hydrogens is 256 g/mol. The van der Waals surface area contributed by atoms with Gasteiger partial charge in [0.05, 0.1) is 11.9 Å². The molecule has 1 unspecified atom stereocenters. The van der Waals surface area contributed by atoms with Crippen molar-refractivity contribution in [3.63, 3.8) is 0 Å². The predicted octanol–water partition coefficient (Wildman–Crippen LogP) is 1.19. The lowest BCUT2D eigenvalue weighted by Crippen LogP contribution is -2.24. The lowest BCUT2D eigenvalue weighted by Gasteiger charge is -2.22. The summed E-state index contributed by atoms with van der Waals surface area (Å²) in [5.41, 5.74) is 3.86. The lowest BCUT2D eigenvalue weighted by atomic mass is 10.0. The van der Waals surface area contributed by atoms with E-state index in [4.69, 9.17) is 10.6 Å². The van der Waals surface area contributed by atoms with Gasteiger partial charge in [-0.15, -0.1) is 0 Å². The maximum Gasteiger partial charge on any atom is 0.162 e. The zero-order chi connectivity index (χ0) is 14.2. The van der Waals surface area contributed by atoms with Crippen LogP contribution in [0.25, 0.3) is 11.3 Å². The zero-order valence-electron chi connectivity index (χ0n) is 11.6. The first-order valence-corrected chi connectivity index (χ1v) is 6.60. The largest absolute Gasteiger partial charge is 0.367 e. The van der Waals surface area contributed by atoms with Gasteiger partial charge >= 0.3 is 0 Å². The maximum atomic E-state index is 5.81. The van der Waals surface area contributed by atoms with Crippen molar-refractivity contribution >= 4 is 5.82 Å². The minimum atomic E-state index is -0.441. The van der Waals surface area contributed by atoms with Crippen molar-refractivity contribution in [2.75, 3.05) is 12.0 Å². The van der Waals surface area contributed by atoms with Crippen molar-refractivity contribution < 1.29 is 4.74 Å². The second-order valence-electron chi connectivity index (χ2n) is 5.19. The third-order valence-electron chi connectivity index (χ3n) is 3.57. The van der Waals surface area contributed by atoms with Crippen molar-refractivity contribution in [1.82, 2.24) is 19.7 Å². The highest BCUT2D eigenvalue weighted by molar-refractivity contribution is 5.61. The Balaban J connectivity index is 2.07. The van der Waals surface area contributed by atoms with E-state index in [0.29, 0.717) is 11.6 Å². The number of rotatable bonds is 3. The highest BCUT2D eigenvalue weighted by Gasteiger charge is 2.35. The van der Waals surface area contributed by atoms with Crippen LogP contribution in [0.15, 0.2) is 18.5 Å². The number of nitrogens with two attached hydrogens (primary N) is 1. The van der Waals surface area contributed by atoms with Gasteiger partial charge in [-0.2, -0.15) is 5.10 Å². The van der Waals surface area contributed by atoms with Gasteiger partial charge < -0.3 is 10.2 Å². The SMILES string of the molecule is Cn1cc(-c2cc(NN)nc(C3(C)CCCO3)n2)cn1. The van der Waals surface area contributed by atoms with Crippen LogP contribution in [0.2, 0.25) is 0 Å². The topological polar surface area (TPSA) is 90.9 Å². The van der Waals surface area contributed by atoms with Crippen LogP contribution in [0, 0.1) is 0 Å². The summed E-state index contributed by atoms with van der Waals surface area (Å²) >= 11 is 0. The van der Waals surface area contributed by atoms with E-state index in [9.17, 15) is 0 Å². The van der Waals surface area contributed by atoms with Gasteiger partial charge in [0, 0.05) is 31.5 Å². The molecule has 1 aliphatic rings. The third kappa shape index (κ3) is 2.25. The Morgan fingerprint density at radius 1 is 1.45 bits per heavy atom. The van der Waals surface area contributed by atoms with E-state index in [2.05, 4.69) is 20.5 Å². The van der Waals surface area contributed by atoms with Crippen LogP contribution in [-0.2, 0) is 17.4 Å². The second kappa shape index (κ2) is 4.84. The normalized spacial score (nSPS) is 22.1. The first-order chi connectivity index (χ1) is 9.60. The number of hydrogen-bond acceptors (Lipinski definition) is 6. The van der Waals surface area contributed by atoms with E-state index in [1.807, 2.05) is 20.2 Å². The van der Waals surface area contributed by atoms with Crippen LogP contribution >= 0.6 is 0 Å². The molecule has 2 aromatic heterocycles. The molecule has 3 rings (SSSR count). The van der Waals surface area contributed by atoms with Crippen LogP contribution < -0.4 is 11.3 Å². The van der Waals surface area contributed by atoms with Crippen LogP contribution in [0.1, 0.15) is 25.6 Å². The van der Waals surface area contributed by atoms with E-state index in [0.717, 1.165) is 30.7 Å². The molecule has 0 amide bonds. The lowest BCUT2D eigenvalue weighted by molar-refractivity contribution is 0.00953. The summed E-state index contributed by atoms with van der Waals surface area (Å²) in [6.45, 7) is 2.75. The fraction of sp³-hybridized carbons (Fsp3) is 0.462. The van der Waals surface area contributed by atoms with Gasteiger partial charge in [0.1, 0.15) is 11.4 Å². The molecule has 1 aliphatic heterocycles. The molecule has 1 saturated heterocycles. The van der Waals surface area contributed by atoms with Crippen molar-refractivity contribution in [3.05, 3.63) is 24.3 Å². The number of hydrogen-bond donors (Lipinski definition) is 2. The van der Waals surface area contributed by atoms with Crippen molar-refractivity contribution in [2.24, 2.45) is 12.9 Å². The summed E-state index contributed by atoms with van der Waals surface area (Å²) in [6, 6.07) is 1.80. The van der Waals surface area contributed by atoms with E-state index >= 15 is 0 Å². The Morgan fingerprint density at radius 2 is 2.30 bits per heavy atom. The molecule has 7 heteroatoms. The number of nitrogens with one attached hydrogen (secondary N) is 1. The molecule has 1 atom stereocenters. The first kappa shape index (κ1) is 13.0. The Labute approximate surface area is 117 Å². The van der Waals surface area contributed by atoms with Gasteiger partial charge in [-0.25, -0.2) is 15.8 Å². The summed E-state index contributed by atoms with van der Waals surface area (Å²) < 4.78 is 7.54. The van der Waals surface area contributed by atoms with Gasteiger partial charge in [0.15, 0.2) is 5.82 Å². The summed E-state index contributed by atoms with van der Waals surface area (Å²) in [7, 11) is 1.87. The van der Waals surface area contributed by atoms with Crippen molar-refractivity contribution in [2.45, 2.75) is 25.4 Å². The smallest absolute Gasteiger partial charge is 0.162 e. The molecule has 1 fully saturated rings. The minimum Gasteiger partial charge on any atom is -0.367 e. The van der Waals surface area contributed by atoms with Gasteiger partial charge in [0.25, 0.3) is 0 Å². The van der Waals surface area contributed by atoms with Crippen LogP contribution in [0.3, 0.4) is 0 Å². The molecule has 0 bridgehead atoms. The fourth-order valence-corrected chi connectivity index (χ4v) is 2.41. The maximum absolute atomic E-state index is 5.81. The van der Waals surface area contributed by atoms with Crippen molar-refractivity contribution in [1.29, 1.82) is 0 Å². The number of anilines is 1. The predicted molar refractivity (Wildman–Crippen MR) is 74.6 cm³/mol. The standard InChI is InChI=1S/C13H18N6O/c1-13(4-3-5-20-13)12-16-10(6-11(17-12)18-14)9-7-15-19(2)8-9/h6-8H,3-5,14H2,1-2H3,(H,16,17,18). The molecule has 20 heavy (non-hydrogen) atoms. The average molecular weight is 274 g/mol. The molecule has 7 nitrogen and oxygen atoms in total. The van der Waals surface area contributed by atoms with Gasteiger partial charge in [-0.1, -0.05) is 0 Å². The molecule has 0 spiro atoms. The number of aromatic nitrogens is 4. The van der Waals surface area contributed by atoms with Crippen LogP contribution in [-0.4, -0.2) is 26.4 Å². The van der Waals surface area contributed by atoms with Crippen LogP contribution in [0.4, 0.5) is 5.82 Å². The first-order valence-electron chi connectivity index (χ1n) is 6.60. The Morgan fingerprint density at radius 3 is 2.90 bits per heavy atom. The van der Waals surface area contributed by atoms with Crippen LogP contribution in [0.5, 0.6) is 0 Å². The number of nitrogens with zero attached hydrogens (tertiary/aromatic N) is 4. The van der Waals surface area contributed by atoms with Gasteiger partial charge in [-0.05, 0) is 19.8 Å². The highest BCUT2D eigenvalue weighted by Crippen LogP contribution is 2.35. The third-order valence-corrected chi connectivity index (χ3v) is 3.57. The van der Waals surface area contributed by atoms with E-state index in [-0.39, 0.29) is 0 Å². The quantitative estimate of drug-likeness (QED) is 0.645. The van der Waals surface area contributed by atoms with Gasteiger partial charge in [-0.3, -0.25) is 4.68 Å². The zero-order valence-corrected chi connectivity index (χ0v) is 11.6. The minimum absolute atomic E-state index is 0.441. The van der Waals surface area contributed by atoms with E-state index in [1.54, 1.807) is 16.9 Å². The molecule has 0 aromatic carbocycles. The number of hydrazine groups is 1. The average Bonchev–Trinajstić information content (AvgIpc) is 3.08. The summed E-state index contributed by atoms with van der Waals surface area (Å²) in [5, 5.41) is 4.17. The highest BCUT2D eigenvalue weighted by atomic mass is 16.5.